The van der Waals surface area contributed by atoms with Crippen molar-refractivity contribution in [3.05, 3.63) is 53.5 Å². The van der Waals surface area contributed by atoms with Crippen LogP contribution in [-0.4, -0.2) is 0 Å². The van der Waals surface area contributed by atoms with Crippen LogP contribution < -0.4 is 0 Å². The first-order valence-electron chi connectivity index (χ1n) is 2.42. The normalized spacial score (nSPS) is 8.55. The molecule has 0 aromatic carbocycles. The van der Waals surface area contributed by atoms with Crippen LogP contribution in [0.1, 0.15) is 13.3 Å². The van der Waals surface area contributed by atoms with Crippen molar-refractivity contribution < 1.29 is 21.1 Å². The summed E-state index contributed by atoms with van der Waals surface area (Å²) in [6.45, 7) is 5.00. The second kappa shape index (κ2) is 32.0. The molecule has 0 aromatic rings. The van der Waals surface area contributed by atoms with Crippen LogP contribution in [0.15, 0.2) is 18.2 Å². The van der Waals surface area contributed by atoms with Crippen LogP contribution in [0.5, 0.6) is 0 Å². The number of hydrogen-bond acceptors (Lipinski definition) is 0. The maximum absolute atomic E-state index is 3.25. The van der Waals surface area contributed by atoms with Gasteiger partial charge in [-0.25, -0.2) is 12.2 Å². The second-order valence-corrected chi connectivity index (χ2v) is 1.00. The Kier molecular flexibility index (Phi) is 88.3. The van der Waals surface area contributed by atoms with Crippen LogP contribution in [0, 0.1) is 35.3 Å². The van der Waals surface area contributed by atoms with Gasteiger partial charge in [-0.15, -0.1) is 6.42 Å². The third-order valence-electron chi connectivity index (χ3n) is 0.586. The summed E-state index contributed by atoms with van der Waals surface area (Å²) in [4.78, 5) is 0. The van der Waals surface area contributed by atoms with Gasteiger partial charge in [-0.2, -0.15) is 13.0 Å². The van der Waals surface area contributed by atoms with Gasteiger partial charge in [0.2, 0.25) is 0 Å². The van der Waals surface area contributed by atoms with Gasteiger partial charge in [-0.1, -0.05) is 0 Å². The fourth-order valence-electron chi connectivity index (χ4n) is 0.340. The van der Waals surface area contributed by atoms with Crippen molar-refractivity contribution in [2.75, 3.05) is 0 Å². The summed E-state index contributed by atoms with van der Waals surface area (Å²) in [5, 5.41) is 0. The van der Waals surface area contributed by atoms with Gasteiger partial charge in [0.05, 0.1) is 0 Å². The molecule has 0 unspecified atom stereocenters. The summed E-state index contributed by atoms with van der Waals surface area (Å²) in [6, 6.07) is 0. The van der Waals surface area contributed by atoms with E-state index in [9.17, 15) is 0 Å². The standard InChI is InChI=1S/C5H5.C2H5.3CH3.Pt/c1-2-4-5-3-1;1-2;;;;/h1-3H,4H2;1H2,2H3;3*1H3;/q5*-1;. The summed E-state index contributed by atoms with van der Waals surface area (Å²) in [6.07, 6.45) is 10.0. The van der Waals surface area contributed by atoms with Crippen LogP contribution in [0.25, 0.3) is 0 Å². The Hall–Kier alpha value is 0.168. The van der Waals surface area contributed by atoms with E-state index < -0.39 is 0 Å². The molecule has 1 aliphatic rings. The van der Waals surface area contributed by atoms with Crippen LogP contribution in [0.2, 0.25) is 0 Å². The summed E-state index contributed by atoms with van der Waals surface area (Å²) in [5.41, 5.74) is 0. The molecule has 0 saturated heterocycles. The van der Waals surface area contributed by atoms with Crippen LogP contribution in [0.3, 0.4) is 0 Å². The third kappa shape index (κ3) is 25.4. The van der Waals surface area contributed by atoms with Crippen molar-refractivity contribution in [1.29, 1.82) is 0 Å². The number of hydrogen-bond donors (Lipinski definition) is 0. The van der Waals surface area contributed by atoms with Gasteiger partial charge >= 0.3 is 0 Å². The van der Waals surface area contributed by atoms with Crippen molar-refractivity contribution in [3.8, 4) is 0 Å². The van der Waals surface area contributed by atoms with Crippen molar-refractivity contribution >= 4 is 0 Å². The first-order chi connectivity index (χ1) is 3.50. The molecule has 0 radical (unpaired) electrons. The van der Waals surface area contributed by atoms with Crippen molar-refractivity contribution in [2.45, 2.75) is 13.3 Å². The minimum atomic E-state index is 0. The molecule has 0 bridgehead atoms. The van der Waals surface area contributed by atoms with E-state index in [1.165, 1.54) is 0 Å². The van der Waals surface area contributed by atoms with Crippen LogP contribution in [0.4, 0.5) is 0 Å². The molecule has 0 atom stereocenters. The van der Waals surface area contributed by atoms with E-state index >= 15 is 0 Å². The molecule has 1 heteroatoms. The SMILES string of the molecule is [C-]1=CC=CC1.[CH2-]C.[CH3-].[CH3-].[CH3-].[Pt]. The summed E-state index contributed by atoms with van der Waals surface area (Å²) < 4.78 is 0. The Morgan fingerprint density at radius 2 is 1.64 bits per heavy atom. The molecule has 0 N–H and O–H groups in total. The van der Waals surface area contributed by atoms with Crippen molar-refractivity contribution in [3.63, 3.8) is 0 Å². The fraction of sp³-hybridized carbons (Fsp3) is 0.200. The molecule has 0 nitrogen and oxygen atoms in total. The van der Waals surface area contributed by atoms with Gasteiger partial charge in [0.1, 0.15) is 0 Å². The predicted molar refractivity (Wildman–Crippen MR) is 51.8 cm³/mol. The Bertz CT molecular complexity index is 62.9. The monoisotopic (exact) mass is 334 g/mol. The van der Waals surface area contributed by atoms with E-state index in [1.807, 2.05) is 12.2 Å². The zero-order chi connectivity index (χ0) is 5.54. The van der Waals surface area contributed by atoms with E-state index in [0.29, 0.717) is 0 Å². The number of allylic oxidation sites excluding steroid dienone is 4. The maximum atomic E-state index is 3.25. The van der Waals surface area contributed by atoms with Gasteiger partial charge in [-0.3, -0.25) is 6.08 Å². The molecule has 11 heavy (non-hydrogen) atoms. The molecule has 0 spiro atoms. The molecule has 0 amide bonds. The van der Waals surface area contributed by atoms with E-state index in [2.05, 4.69) is 19.1 Å². The van der Waals surface area contributed by atoms with Gasteiger partial charge in [-0.05, 0) is 0 Å². The van der Waals surface area contributed by atoms with E-state index in [4.69, 9.17) is 0 Å². The first kappa shape index (κ1) is 30.3. The smallest absolute Gasteiger partial charge is 0 e. The Morgan fingerprint density at radius 1 is 1.18 bits per heavy atom. The van der Waals surface area contributed by atoms with Gasteiger partial charge < -0.3 is 29.2 Å². The van der Waals surface area contributed by atoms with Crippen LogP contribution in [-0.2, 0) is 21.1 Å². The third-order valence-corrected chi connectivity index (χ3v) is 0.586. The Balaban J connectivity index is -0.0000000189. The zero-order valence-electron chi connectivity index (χ0n) is 7.96. The predicted octanol–water partition coefficient (Wildman–Crippen LogP) is 3.49. The minimum Gasteiger partial charge on any atom is -0.358 e. The van der Waals surface area contributed by atoms with Crippen molar-refractivity contribution in [1.82, 2.24) is 0 Å². The van der Waals surface area contributed by atoms with E-state index in [-0.39, 0.29) is 43.3 Å². The molecule has 1 rings (SSSR count). The first-order valence-corrected chi connectivity index (χ1v) is 2.42. The molecular weight excluding hydrogens is 315 g/mol. The maximum Gasteiger partial charge on any atom is 0 e. The topological polar surface area (TPSA) is 0 Å². The van der Waals surface area contributed by atoms with E-state index in [0.717, 1.165) is 6.42 Å². The molecule has 74 valence electrons. The molecule has 1 aliphatic carbocycles. The van der Waals surface area contributed by atoms with Gasteiger partial charge in [0.25, 0.3) is 0 Å². The molecular formula is C10H19Pt-5. The van der Waals surface area contributed by atoms with Gasteiger partial charge in [0.15, 0.2) is 0 Å². The quantitative estimate of drug-likeness (QED) is 0.595. The number of rotatable bonds is 0. The Morgan fingerprint density at radius 3 is 1.73 bits per heavy atom. The fourth-order valence-corrected chi connectivity index (χ4v) is 0.340. The molecule has 0 saturated carbocycles. The molecule has 0 heterocycles. The summed E-state index contributed by atoms with van der Waals surface area (Å²) in [7, 11) is 0. The zero-order valence-corrected chi connectivity index (χ0v) is 10.2. The molecule has 0 aliphatic heterocycles. The van der Waals surface area contributed by atoms with Gasteiger partial charge in [0, 0.05) is 21.1 Å². The molecule has 0 fully saturated rings. The van der Waals surface area contributed by atoms with Crippen LogP contribution >= 0.6 is 0 Å². The summed E-state index contributed by atoms with van der Waals surface area (Å²) in [5.74, 6) is 0. The minimum absolute atomic E-state index is 0. The average Bonchev–Trinajstić information content (AvgIpc) is 2.23. The second-order valence-electron chi connectivity index (χ2n) is 1.00. The largest absolute Gasteiger partial charge is 0.358 e. The van der Waals surface area contributed by atoms with E-state index in [1.54, 1.807) is 6.92 Å². The average molecular weight is 334 g/mol. The van der Waals surface area contributed by atoms with Crippen molar-refractivity contribution in [2.24, 2.45) is 0 Å². The Labute approximate surface area is 88.1 Å². The summed E-state index contributed by atoms with van der Waals surface area (Å²) >= 11 is 0. The molecule has 0 aromatic heterocycles.